The van der Waals surface area contributed by atoms with Crippen molar-refractivity contribution in [2.75, 3.05) is 19.9 Å². The molecule has 4 heteroatoms. The Labute approximate surface area is 113 Å². The van der Waals surface area contributed by atoms with Gasteiger partial charge >= 0.3 is 5.97 Å². The Morgan fingerprint density at radius 2 is 2.11 bits per heavy atom. The Morgan fingerprint density at radius 3 is 2.67 bits per heavy atom. The predicted octanol–water partition coefficient (Wildman–Crippen LogP) is 2.63. The molecule has 1 rings (SSSR count). The van der Waals surface area contributed by atoms with Crippen LogP contribution in [-0.4, -0.2) is 31.4 Å². The SMILES string of the molecule is CNC(C)(CCSc1ccccc1C)C(=O)OC. The Morgan fingerprint density at radius 1 is 1.44 bits per heavy atom. The van der Waals surface area contributed by atoms with Gasteiger partial charge in [-0.3, -0.25) is 4.79 Å². The average molecular weight is 267 g/mol. The second-order valence-corrected chi connectivity index (χ2v) is 5.57. The van der Waals surface area contributed by atoms with Crippen LogP contribution in [0.3, 0.4) is 0 Å². The lowest BCUT2D eigenvalue weighted by molar-refractivity contribution is -0.147. The molecular weight excluding hydrogens is 246 g/mol. The number of nitrogens with one attached hydrogen (secondary N) is 1. The van der Waals surface area contributed by atoms with Crippen molar-refractivity contribution in [2.45, 2.75) is 30.7 Å². The molecule has 1 aromatic carbocycles. The standard InChI is InChI=1S/C14H21NO2S/c1-11-7-5-6-8-12(11)18-10-9-14(2,15-3)13(16)17-4/h5-8,15H,9-10H2,1-4H3. The highest BCUT2D eigenvalue weighted by Gasteiger charge is 2.31. The fourth-order valence-electron chi connectivity index (χ4n) is 1.64. The van der Waals surface area contributed by atoms with Gasteiger partial charge in [0.2, 0.25) is 0 Å². The van der Waals surface area contributed by atoms with E-state index in [0.717, 1.165) is 12.2 Å². The fraction of sp³-hybridized carbons (Fsp3) is 0.500. The zero-order valence-electron chi connectivity index (χ0n) is 11.4. The van der Waals surface area contributed by atoms with Gasteiger partial charge in [-0.1, -0.05) is 18.2 Å². The van der Waals surface area contributed by atoms with Gasteiger partial charge in [-0.05, 0) is 38.9 Å². The molecule has 0 radical (unpaired) electrons. The first-order valence-electron chi connectivity index (χ1n) is 5.99. The maximum atomic E-state index is 11.7. The number of rotatable bonds is 6. The molecule has 1 N–H and O–H groups in total. The highest BCUT2D eigenvalue weighted by Crippen LogP contribution is 2.25. The number of hydrogen-bond acceptors (Lipinski definition) is 4. The normalized spacial score (nSPS) is 14.0. The molecule has 1 unspecified atom stereocenters. The molecule has 0 heterocycles. The summed E-state index contributed by atoms with van der Waals surface area (Å²) in [5, 5.41) is 3.04. The van der Waals surface area contributed by atoms with Crippen molar-refractivity contribution in [3.63, 3.8) is 0 Å². The molecule has 0 aliphatic carbocycles. The summed E-state index contributed by atoms with van der Waals surface area (Å²) in [5.41, 5.74) is 0.663. The fourth-order valence-corrected chi connectivity index (χ4v) is 2.84. The zero-order valence-corrected chi connectivity index (χ0v) is 12.3. The van der Waals surface area contributed by atoms with Gasteiger partial charge in [-0.15, -0.1) is 11.8 Å². The smallest absolute Gasteiger partial charge is 0.325 e. The number of benzene rings is 1. The Bertz CT molecular complexity index is 409. The molecule has 0 fully saturated rings. The summed E-state index contributed by atoms with van der Waals surface area (Å²) in [6, 6.07) is 8.27. The second-order valence-electron chi connectivity index (χ2n) is 4.44. The van der Waals surface area contributed by atoms with Gasteiger partial charge < -0.3 is 10.1 Å². The third kappa shape index (κ3) is 3.75. The van der Waals surface area contributed by atoms with Gasteiger partial charge in [0.1, 0.15) is 5.54 Å². The first-order valence-corrected chi connectivity index (χ1v) is 6.98. The van der Waals surface area contributed by atoms with E-state index in [1.165, 1.54) is 17.6 Å². The summed E-state index contributed by atoms with van der Waals surface area (Å²) in [6.07, 6.45) is 0.731. The number of aryl methyl sites for hydroxylation is 1. The van der Waals surface area contributed by atoms with Gasteiger partial charge in [-0.25, -0.2) is 0 Å². The maximum absolute atomic E-state index is 11.7. The van der Waals surface area contributed by atoms with Crippen molar-refractivity contribution in [2.24, 2.45) is 0 Å². The molecule has 0 saturated heterocycles. The van der Waals surface area contributed by atoms with Crippen molar-refractivity contribution < 1.29 is 9.53 Å². The lowest BCUT2D eigenvalue weighted by atomic mass is 10.00. The molecule has 18 heavy (non-hydrogen) atoms. The highest BCUT2D eigenvalue weighted by atomic mass is 32.2. The van der Waals surface area contributed by atoms with E-state index in [2.05, 4.69) is 24.4 Å². The van der Waals surface area contributed by atoms with Crippen molar-refractivity contribution >= 4 is 17.7 Å². The Kier molecular flexibility index (Phi) is 5.69. The minimum absolute atomic E-state index is 0.213. The molecule has 1 atom stereocenters. The van der Waals surface area contributed by atoms with Gasteiger partial charge in [0, 0.05) is 10.6 Å². The van der Waals surface area contributed by atoms with Crippen LogP contribution in [0.2, 0.25) is 0 Å². The summed E-state index contributed by atoms with van der Waals surface area (Å²) in [4.78, 5) is 12.9. The van der Waals surface area contributed by atoms with Crippen LogP contribution >= 0.6 is 11.8 Å². The Hall–Kier alpha value is -1.00. The average Bonchev–Trinajstić information content (AvgIpc) is 2.39. The van der Waals surface area contributed by atoms with Crippen LogP contribution in [0, 0.1) is 6.92 Å². The lowest BCUT2D eigenvalue weighted by Gasteiger charge is -2.25. The predicted molar refractivity (Wildman–Crippen MR) is 76.0 cm³/mol. The summed E-state index contributed by atoms with van der Waals surface area (Å²) in [6.45, 7) is 3.97. The topological polar surface area (TPSA) is 38.3 Å². The molecule has 0 aromatic heterocycles. The third-order valence-corrected chi connectivity index (χ3v) is 4.32. The number of thioether (sulfide) groups is 1. The first-order chi connectivity index (χ1) is 8.53. The minimum atomic E-state index is -0.607. The van der Waals surface area contributed by atoms with Crippen LogP contribution in [0.15, 0.2) is 29.2 Å². The van der Waals surface area contributed by atoms with Crippen LogP contribution in [-0.2, 0) is 9.53 Å². The second kappa shape index (κ2) is 6.81. The van der Waals surface area contributed by atoms with Gasteiger partial charge in [0.25, 0.3) is 0 Å². The minimum Gasteiger partial charge on any atom is -0.468 e. The number of likely N-dealkylation sites (N-methyl/N-ethyl adjacent to an activating group) is 1. The molecule has 0 saturated carbocycles. The van der Waals surface area contributed by atoms with E-state index < -0.39 is 5.54 Å². The lowest BCUT2D eigenvalue weighted by Crippen LogP contribution is -2.48. The van der Waals surface area contributed by atoms with E-state index in [1.54, 1.807) is 18.8 Å². The number of hydrogen-bond donors (Lipinski definition) is 1. The highest BCUT2D eigenvalue weighted by molar-refractivity contribution is 7.99. The summed E-state index contributed by atoms with van der Waals surface area (Å²) in [7, 11) is 3.21. The summed E-state index contributed by atoms with van der Waals surface area (Å²) in [5.74, 6) is 0.660. The van der Waals surface area contributed by atoms with Crippen molar-refractivity contribution in [1.29, 1.82) is 0 Å². The largest absolute Gasteiger partial charge is 0.468 e. The quantitative estimate of drug-likeness (QED) is 0.635. The molecule has 0 spiro atoms. The van der Waals surface area contributed by atoms with Crippen molar-refractivity contribution in [1.82, 2.24) is 5.32 Å². The molecule has 100 valence electrons. The molecule has 0 aliphatic heterocycles. The van der Waals surface area contributed by atoms with Gasteiger partial charge in [0.15, 0.2) is 0 Å². The van der Waals surface area contributed by atoms with Crippen LogP contribution in [0.1, 0.15) is 18.9 Å². The van der Waals surface area contributed by atoms with E-state index in [1.807, 2.05) is 19.1 Å². The molecule has 0 amide bonds. The van der Waals surface area contributed by atoms with E-state index in [-0.39, 0.29) is 5.97 Å². The monoisotopic (exact) mass is 267 g/mol. The number of ether oxygens (including phenoxy) is 1. The number of carbonyl (C=O) groups excluding carboxylic acids is 1. The van der Waals surface area contributed by atoms with Crippen LogP contribution in [0.4, 0.5) is 0 Å². The van der Waals surface area contributed by atoms with E-state index >= 15 is 0 Å². The van der Waals surface area contributed by atoms with Crippen molar-refractivity contribution in [3.05, 3.63) is 29.8 Å². The molecule has 3 nitrogen and oxygen atoms in total. The molecule has 1 aromatic rings. The number of esters is 1. The first kappa shape index (κ1) is 15.1. The zero-order chi connectivity index (χ0) is 13.6. The van der Waals surface area contributed by atoms with Crippen LogP contribution < -0.4 is 5.32 Å². The van der Waals surface area contributed by atoms with Crippen LogP contribution in [0.25, 0.3) is 0 Å². The third-order valence-electron chi connectivity index (χ3n) is 3.14. The maximum Gasteiger partial charge on any atom is 0.325 e. The van der Waals surface area contributed by atoms with Gasteiger partial charge in [0.05, 0.1) is 7.11 Å². The van der Waals surface area contributed by atoms with Crippen LogP contribution in [0.5, 0.6) is 0 Å². The molecule has 0 bridgehead atoms. The number of methoxy groups -OCH3 is 1. The van der Waals surface area contributed by atoms with E-state index in [9.17, 15) is 4.79 Å². The van der Waals surface area contributed by atoms with Gasteiger partial charge in [-0.2, -0.15) is 0 Å². The Balaban J connectivity index is 2.55. The summed E-state index contributed by atoms with van der Waals surface area (Å²) >= 11 is 1.77. The number of carbonyl (C=O) groups is 1. The molecular formula is C14H21NO2S. The van der Waals surface area contributed by atoms with E-state index in [4.69, 9.17) is 4.74 Å². The van der Waals surface area contributed by atoms with E-state index in [0.29, 0.717) is 0 Å². The van der Waals surface area contributed by atoms with Crippen molar-refractivity contribution in [3.8, 4) is 0 Å². The summed E-state index contributed by atoms with van der Waals surface area (Å²) < 4.78 is 4.82. The molecule has 0 aliphatic rings.